The molecule has 3 aromatic carbocycles. The monoisotopic (exact) mass is 501 g/mol. The van der Waals surface area contributed by atoms with Crippen LogP contribution in [-0.2, 0) is 17.8 Å². The second kappa shape index (κ2) is 12.6. The maximum atomic E-state index is 13.6. The van der Waals surface area contributed by atoms with Gasteiger partial charge in [0.1, 0.15) is 12.4 Å². The minimum absolute atomic E-state index is 0.0461. The smallest absolute Gasteiger partial charge is 0.303 e. The predicted octanol–water partition coefficient (Wildman–Crippen LogP) is 7.03. The summed E-state index contributed by atoms with van der Waals surface area (Å²) in [6.45, 7) is 12.9. The van der Waals surface area contributed by atoms with Crippen LogP contribution in [-0.4, -0.2) is 17.0 Å². The Kier molecular flexibility index (Phi) is 9.51. The van der Waals surface area contributed by atoms with Crippen LogP contribution in [0.15, 0.2) is 54.6 Å². The molecular weight excluding hydrogens is 462 g/mol. The first-order valence-electron chi connectivity index (χ1n) is 12.9. The maximum Gasteiger partial charge on any atom is 0.303 e. The van der Waals surface area contributed by atoms with Crippen LogP contribution in [0.1, 0.15) is 82.0 Å². The zero-order valence-corrected chi connectivity index (χ0v) is 22.9. The molecule has 3 rings (SSSR count). The van der Waals surface area contributed by atoms with Crippen LogP contribution in [0.2, 0.25) is 0 Å². The number of aryl methyl sites for hydroxylation is 5. The van der Waals surface area contributed by atoms with E-state index < -0.39 is 5.97 Å². The number of hydrogen-bond acceptors (Lipinski definition) is 3. The molecular formula is C32H39NO4. The predicted molar refractivity (Wildman–Crippen MR) is 148 cm³/mol. The zero-order chi connectivity index (χ0) is 27.1. The van der Waals surface area contributed by atoms with Crippen LogP contribution in [0.5, 0.6) is 5.75 Å². The first kappa shape index (κ1) is 28.0. The van der Waals surface area contributed by atoms with E-state index in [4.69, 9.17) is 4.74 Å². The van der Waals surface area contributed by atoms with E-state index in [9.17, 15) is 14.7 Å². The summed E-state index contributed by atoms with van der Waals surface area (Å²) in [5.41, 5.74) is 7.97. The number of carbonyl (C=O) groups excluding carboxylic acids is 1. The van der Waals surface area contributed by atoms with Gasteiger partial charge in [0.25, 0.3) is 5.91 Å². The topological polar surface area (TPSA) is 75.6 Å². The number of carbonyl (C=O) groups is 2. The first-order valence-corrected chi connectivity index (χ1v) is 12.9. The van der Waals surface area contributed by atoms with E-state index in [0.717, 1.165) is 34.2 Å². The van der Waals surface area contributed by atoms with Crippen molar-refractivity contribution in [3.05, 3.63) is 99.1 Å². The van der Waals surface area contributed by atoms with Gasteiger partial charge in [0.15, 0.2) is 0 Å². The first-order chi connectivity index (χ1) is 17.5. The molecule has 0 bridgehead atoms. The van der Waals surface area contributed by atoms with E-state index in [1.165, 1.54) is 5.56 Å². The average molecular weight is 502 g/mol. The Balaban J connectivity index is 1.89. The molecule has 0 saturated heterocycles. The van der Waals surface area contributed by atoms with Crippen molar-refractivity contribution >= 4 is 11.9 Å². The van der Waals surface area contributed by atoms with Crippen LogP contribution >= 0.6 is 0 Å². The van der Waals surface area contributed by atoms with Crippen LogP contribution < -0.4 is 10.1 Å². The molecule has 0 aliphatic carbocycles. The van der Waals surface area contributed by atoms with E-state index in [1.807, 2.05) is 12.1 Å². The molecule has 196 valence electrons. The van der Waals surface area contributed by atoms with Gasteiger partial charge in [-0.3, -0.25) is 9.59 Å². The van der Waals surface area contributed by atoms with Crippen molar-refractivity contribution in [3.8, 4) is 5.75 Å². The minimum Gasteiger partial charge on any atom is -0.489 e. The molecule has 3 aromatic rings. The highest BCUT2D eigenvalue weighted by Gasteiger charge is 2.21. The molecule has 1 amide bonds. The van der Waals surface area contributed by atoms with Crippen molar-refractivity contribution in [2.45, 2.75) is 73.5 Å². The summed E-state index contributed by atoms with van der Waals surface area (Å²) in [5.74, 6) is -0.155. The minimum atomic E-state index is -0.894. The molecule has 1 atom stereocenters. The largest absolute Gasteiger partial charge is 0.489 e. The fourth-order valence-electron chi connectivity index (χ4n) is 4.68. The summed E-state index contributed by atoms with van der Waals surface area (Å²) < 4.78 is 6.07. The zero-order valence-electron chi connectivity index (χ0n) is 22.9. The lowest BCUT2D eigenvalue weighted by molar-refractivity contribution is -0.136. The van der Waals surface area contributed by atoms with Gasteiger partial charge in [-0.1, -0.05) is 73.0 Å². The molecule has 37 heavy (non-hydrogen) atoms. The average Bonchev–Trinajstić information content (AvgIpc) is 2.81. The SMILES string of the molecule is Cc1cc(C)cc(C(CC(C)C)NC(=O)c2cc(OCc3ccc(C)cc3C)ccc2CCC(=O)O)c1. The van der Waals surface area contributed by atoms with Gasteiger partial charge in [-0.25, -0.2) is 0 Å². The summed E-state index contributed by atoms with van der Waals surface area (Å²) in [7, 11) is 0. The molecule has 0 spiro atoms. The summed E-state index contributed by atoms with van der Waals surface area (Å²) >= 11 is 0. The van der Waals surface area contributed by atoms with Crippen LogP contribution in [0.4, 0.5) is 0 Å². The molecule has 0 aromatic heterocycles. The summed E-state index contributed by atoms with van der Waals surface area (Å²) in [6, 6.07) is 17.8. The fraction of sp³-hybridized carbons (Fsp3) is 0.375. The summed E-state index contributed by atoms with van der Waals surface area (Å²) in [5, 5.41) is 12.5. The van der Waals surface area contributed by atoms with Crippen LogP contribution in [0, 0.1) is 33.6 Å². The van der Waals surface area contributed by atoms with Gasteiger partial charge in [-0.05, 0) is 80.8 Å². The molecule has 0 radical (unpaired) electrons. The Morgan fingerprint density at radius 2 is 1.54 bits per heavy atom. The van der Waals surface area contributed by atoms with Gasteiger partial charge in [0, 0.05) is 12.0 Å². The lowest BCUT2D eigenvalue weighted by Crippen LogP contribution is -2.30. The molecule has 1 unspecified atom stereocenters. The van der Waals surface area contributed by atoms with Crippen molar-refractivity contribution < 1.29 is 19.4 Å². The van der Waals surface area contributed by atoms with E-state index in [1.54, 1.807) is 6.07 Å². The van der Waals surface area contributed by atoms with E-state index in [-0.39, 0.29) is 24.8 Å². The van der Waals surface area contributed by atoms with Gasteiger partial charge >= 0.3 is 5.97 Å². The molecule has 0 saturated carbocycles. The van der Waals surface area contributed by atoms with E-state index in [2.05, 4.69) is 83.3 Å². The van der Waals surface area contributed by atoms with Crippen molar-refractivity contribution in [1.82, 2.24) is 5.32 Å². The molecule has 5 nitrogen and oxygen atoms in total. The van der Waals surface area contributed by atoms with Gasteiger partial charge in [-0.15, -0.1) is 0 Å². The van der Waals surface area contributed by atoms with Gasteiger partial charge in [0.05, 0.1) is 6.04 Å². The van der Waals surface area contributed by atoms with Crippen molar-refractivity contribution in [2.75, 3.05) is 0 Å². The third kappa shape index (κ3) is 8.21. The highest BCUT2D eigenvalue weighted by atomic mass is 16.5. The molecule has 5 heteroatoms. The van der Waals surface area contributed by atoms with Crippen LogP contribution in [0.25, 0.3) is 0 Å². The van der Waals surface area contributed by atoms with E-state index >= 15 is 0 Å². The Bertz CT molecular complexity index is 1240. The van der Waals surface area contributed by atoms with Crippen LogP contribution in [0.3, 0.4) is 0 Å². The Morgan fingerprint density at radius 1 is 0.865 bits per heavy atom. The van der Waals surface area contributed by atoms with Gasteiger partial charge in [0.2, 0.25) is 0 Å². The second-order valence-electron chi connectivity index (χ2n) is 10.5. The summed E-state index contributed by atoms with van der Waals surface area (Å²) in [6.07, 6.45) is 1.02. The lowest BCUT2D eigenvalue weighted by atomic mass is 9.93. The quantitative estimate of drug-likeness (QED) is 0.296. The number of benzene rings is 3. The number of ether oxygens (including phenoxy) is 1. The Hall–Kier alpha value is -3.60. The Labute approximate surface area is 220 Å². The molecule has 0 heterocycles. The molecule has 0 fully saturated rings. The third-order valence-corrected chi connectivity index (χ3v) is 6.49. The normalized spacial score (nSPS) is 11.9. The highest BCUT2D eigenvalue weighted by Crippen LogP contribution is 2.26. The molecule has 0 aliphatic rings. The molecule has 2 N–H and O–H groups in total. The Morgan fingerprint density at radius 3 is 2.16 bits per heavy atom. The number of carboxylic acid groups (broad SMARTS) is 1. The maximum absolute atomic E-state index is 13.6. The van der Waals surface area contributed by atoms with Crippen molar-refractivity contribution in [3.63, 3.8) is 0 Å². The third-order valence-electron chi connectivity index (χ3n) is 6.49. The number of hydrogen-bond donors (Lipinski definition) is 2. The highest BCUT2D eigenvalue weighted by molar-refractivity contribution is 5.96. The number of nitrogens with one attached hydrogen (secondary N) is 1. The molecule has 0 aliphatic heterocycles. The number of aliphatic carboxylic acids is 1. The van der Waals surface area contributed by atoms with Gasteiger partial charge in [-0.2, -0.15) is 0 Å². The fourth-order valence-corrected chi connectivity index (χ4v) is 4.68. The number of amides is 1. The second-order valence-corrected chi connectivity index (χ2v) is 10.5. The number of rotatable bonds is 11. The van der Waals surface area contributed by atoms with E-state index in [0.29, 0.717) is 29.4 Å². The van der Waals surface area contributed by atoms with Gasteiger partial charge < -0.3 is 15.2 Å². The van der Waals surface area contributed by atoms with Crippen molar-refractivity contribution in [2.24, 2.45) is 5.92 Å². The summed E-state index contributed by atoms with van der Waals surface area (Å²) in [4.78, 5) is 24.9. The standard InChI is InChI=1S/C32H39NO4/c1-20(2)13-30(27-16-22(4)14-23(5)17-27)33-32(36)29-18-28(11-9-25(29)10-12-31(34)35)37-19-26-8-7-21(3)15-24(26)6/h7-9,11,14-18,20,30H,10,12-13,19H2,1-6H3,(H,33,36)(H,34,35). The lowest BCUT2D eigenvalue weighted by Gasteiger charge is -2.23. The van der Waals surface area contributed by atoms with Crippen molar-refractivity contribution in [1.29, 1.82) is 0 Å². The number of carboxylic acids is 1.